The first-order valence-corrected chi connectivity index (χ1v) is 7.65. The molecule has 22 heavy (non-hydrogen) atoms. The predicted octanol–water partition coefficient (Wildman–Crippen LogP) is 4.60. The maximum atomic E-state index is 8.52. The van der Waals surface area contributed by atoms with E-state index >= 15 is 0 Å². The van der Waals surface area contributed by atoms with Crippen LogP contribution in [0.4, 0.5) is 5.69 Å². The Morgan fingerprint density at radius 1 is 1.05 bits per heavy atom. The van der Waals surface area contributed by atoms with Gasteiger partial charge in [-0.25, -0.2) is 0 Å². The minimum absolute atomic E-state index is 0.0345. The van der Waals surface area contributed by atoms with E-state index in [0.29, 0.717) is 6.42 Å². The highest BCUT2D eigenvalue weighted by molar-refractivity contribution is 6.00. The van der Waals surface area contributed by atoms with Gasteiger partial charge in [-0.1, -0.05) is 60.7 Å². The molecule has 3 N–H and O–H groups in total. The smallest absolute Gasteiger partial charge is 0.0360 e. The van der Waals surface area contributed by atoms with E-state index in [1.807, 2.05) is 18.2 Å². The molecule has 0 fully saturated rings. The number of nitrogens with one attached hydrogen (secondary N) is 1. The molecule has 0 aromatic heterocycles. The minimum atomic E-state index is 0.0345. The van der Waals surface area contributed by atoms with Gasteiger partial charge in [-0.2, -0.15) is 0 Å². The lowest BCUT2D eigenvalue weighted by Gasteiger charge is -2.33. The average molecular weight is 286 g/mol. The molecule has 0 heterocycles. The highest BCUT2D eigenvalue weighted by Crippen LogP contribution is 2.43. The van der Waals surface area contributed by atoms with Crippen molar-refractivity contribution < 1.29 is 0 Å². The molecule has 2 heteroatoms. The molecule has 2 aliphatic rings. The number of hydrogen-bond acceptors (Lipinski definition) is 2. The van der Waals surface area contributed by atoms with E-state index in [2.05, 4.69) is 48.6 Å². The number of benzene rings is 2. The fourth-order valence-electron chi connectivity index (χ4n) is 3.67. The Kier molecular flexibility index (Phi) is 2.97. The molecule has 0 bridgehead atoms. The third kappa shape index (κ3) is 1.92. The molecule has 0 amide bonds. The van der Waals surface area contributed by atoms with E-state index in [0.717, 1.165) is 17.0 Å². The molecule has 4 rings (SSSR count). The predicted molar refractivity (Wildman–Crippen MR) is 93.3 cm³/mol. The lowest BCUT2D eigenvalue weighted by molar-refractivity contribution is 0.686. The first-order chi connectivity index (χ1) is 10.8. The van der Waals surface area contributed by atoms with Crippen LogP contribution in [0.25, 0.3) is 10.8 Å². The molecule has 0 aliphatic heterocycles. The number of rotatable bonds is 1. The molecule has 2 aliphatic carbocycles. The molecule has 2 unspecified atom stereocenters. The Labute approximate surface area is 130 Å². The van der Waals surface area contributed by atoms with Crippen molar-refractivity contribution in [1.29, 1.82) is 5.41 Å². The summed E-state index contributed by atoms with van der Waals surface area (Å²) in [4.78, 5) is 0. The molecule has 2 atom stereocenters. The van der Waals surface area contributed by atoms with Gasteiger partial charge in [0.25, 0.3) is 0 Å². The summed E-state index contributed by atoms with van der Waals surface area (Å²) in [6.45, 7) is 0. The lowest BCUT2D eigenvalue weighted by Crippen LogP contribution is -2.26. The zero-order chi connectivity index (χ0) is 15.1. The minimum Gasteiger partial charge on any atom is -0.398 e. The molecule has 108 valence electrons. The van der Waals surface area contributed by atoms with Crippen LogP contribution >= 0.6 is 0 Å². The van der Waals surface area contributed by atoms with Gasteiger partial charge in [0.15, 0.2) is 0 Å². The molecule has 0 saturated carbocycles. The van der Waals surface area contributed by atoms with Crippen LogP contribution in [-0.4, -0.2) is 5.71 Å². The largest absolute Gasteiger partial charge is 0.398 e. The summed E-state index contributed by atoms with van der Waals surface area (Å²) in [6, 6.07) is 12.4. The van der Waals surface area contributed by atoms with Crippen LogP contribution < -0.4 is 5.73 Å². The summed E-state index contributed by atoms with van der Waals surface area (Å²) in [7, 11) is 0. The normalized spacial score (nSPS) is 23.5. The molecule has 0 spiro atoms. The third-order valence-electron chi connectivity index (χ3n) is 4.71. The van der Waals surface area contributed by atoms with Crippen molar-refractivity contribution in [3.63, 3.8) is 0 Å². The van der Waals surface area contributed by atoms with Crippen molar-refractivity contribution in [2.24, 2.45) is 5.92 Å². The first kappa shape index (κ1) is 13.1. The van der Waals surface area contributed by atoms with Gasteiger partial charge in [-0.3, -0.25) is 0 Å². The Morgan fingerprint density at radius 3 is 2.82 bits per heavy atom. The Morgan fingerprint density at radius 2 is 1.91 bits per heavy atom. The van der Waals surface area contributed by atoms with Gasteiger partial charge in [-0.05, 0) is 28.0 Å². The van der Waals surface area contributed by atoms with E-state index in [-0.39, 0.29) is 11.8 Å². The van der Waals surface area contributed by atoms with E-state index in [4.69, 9.17) is 11.1 Å². The van der Waals surface area contributed by atoms with Crippen molar-refractivity contribution in [3.05, 3.63) is 77.9 Å². The number of nitrogens with two attached hydrogens (primary N) is 1. The Hall–Kier alpha value is -2.61. The van der Waals surface area contributed by atoms with Crippen LogP contribution in [0.1, 0.15) is 17.9 Å². The summed E-state index contributed by atoms with van der Waals surface area (Å²) in [5, 5.41) is 10.9. The van der Waals surface area contributed by atoms with Crippen LogP contribution in [0.3, 0.4) is 0 Å². The van der Waals surface area contributed by atoms with Gasteiger partial charge in [0.05, 0.1) is 0 Å². The highest BCUT2D eigenvalue weighted by Gasteiger charge is 2.33. The third-order valence-corrected chi connectivity index (χ3v) is 4.71. The van der Waals surface area contributed by atoms with Crippen LogP contribution in [0, 0.1) is 11.3 Å². The quantitative estimate of drug-likeness (QED) is 0.740. The van der Waals surface area contributed by atoms with Crippen molar-refractivity contribution in [2.75, 3.05) is 5.73 Å². The second-order valence-corrected chi connectivity index (χ2v) is 5.97. The van der Waals surface area contributed by atoms with Crippen molar-refractivity contribution in [2.45, 2.75) is 12.3 Å². The highest BCUT2D eigenvalue weighted by atomic mass is 14.6. The van der Waals surface area contributed by atoms with E-state index in [9.17, 15) is 0 Å². The first-order valence-electron chi connectivity index (χ1n) is 7.65. The van der Waals surface area contributed by atoms with Gasteiger partial charge < -0.3 is 11.1 Å². The number of nitrogen functional groups attached to an aromatic ring is 1. The topological polar surface area (TPSA) is 49.9 Å². The van der Waals surface area contributed by atoms with E-state index in [1.165, 1.54) is 16.3 Å². The van der Waals surface area contributed by atoms with Crippen LogP contribution in [0.5, 0.6) is 0 Å². The molecule has 2 aromatic rings. The monoisotopic (exact) mass is 286 g/mol. The van der Waals surface area contributed by atoms with E-state index < -0.39 is 0 Å². The fraction of sp³-hybridized carbons (Fsp3) is 0.150. The van der Waals surface area contributed by atoms with Crippen molar-refractivity contribution in [1.82, 2.24) is 0 Å². The molecular formula is C20H18N2. The van der Waals surface area contributed by atoms with Gasteiger partial charge >= 0.3 is 0 Å². The molecule has 0 saturated heterocycles. The van der Waals surface area contributed by atoms with Crippen LogP contribution in [-0.2, 0) is 0 Å². The molecule has 2 nitrogen and oxygen atoms in total. The number of anilines is 1. The van der Waals surface area contributed by atoms with Gasteiger partial charge in [0, 0.05) is 29.7 Å². The Bertz CT molecular complexity index is 855. The van der Waals surface area contributed by atoms with Crippen LogP contribution in [0.15, 0.2) is 72.4 Å². The second-order valence-electron chi connectivity index (χ2n) is 5.97. The summed E-state index contributed by atoms with van der Waals surface area (Å²) in [5.74, 6) is 0.256. The van der Waals surface area contributed by atoms with Crippen LogP contribution in [0.2, 0.25) is 0 Å². The van der Waals surface area contributed by atoms with Gasteiger partial charge in [0.2, 0.25) is 0 Å². The van der Waals surface area contributed by atoms with Crippen molar-refractivity contribution >= 4 is 22.2 Å². The van der Waals surface area contributed by atoms with Gasteiger partial charge in [-0.15, -0.1) is 0 Å². The number of hydrogen-bond donors (Lipinski definition) is 2. The second kappa shape index (κ2) is 4.99. The number of fused-ring (bicyclic) bond motifs is 2. The molecule has 0 radical (unpaired) electrons. The maximum Gasteiger partial charge on any atom is 0.0360 e. The Balaban J connectivity index is 1.96. The van der Waals surface area contributed by atoms with Gasteiger partial charge in [0.1, 0.15) is 0 Å². The number of allylic oxidation sites excluding steroid dienone is 6. The maximum absolute atomic E-state index is 8.52. The summed E-state index contributed by atoms with van der Waals surface area (Å²) in [5.41, 5.74) is 10.3. The molecule has 2 aromatic carbocycles. The summed E-state index contributed by atoms with van der Waals surface area (Å²) in [6.07, 6.45) is 11.4. The average Bonchev–Trinajstić information content (AvgIpc) is 2.56. The SMILES string of the molecule is N=C1CC=C2C=CC=CC2C1c1c(N)ccc2ccccc12. The summed E-state index contributed by atoms with van der Waals surface area (Å²) >= 11 is 0. The molecular weight excluding hydrogens is 268 g/mol. The summed E-state index contributed by atoms with van der Waals surface area (Å²) < 4.78 is 0. The van der Waals surface area contributed by atoms with E-state index in [1.54, 1.807) is 0 Å². The standard InChI is InChI=1S/C20H18N2/c21-17-11-9-13-5-1-3-7-15(13)19(17)20-16-8-4-2-6-14(16)10-12-18(20)22/h1-11,16,20,22H,12,21H2. The zero-order valence-corrected chi connectivity index (χ0v) is 12.3. The lowest BCUT2D eigenvalue weighted by atomic mass is 9.71. The fourth-order valence-corrected chi connectivity index (χ4v) is 3.67. The van der Waals surface area contributed by atoms with Crippen molar-refractivity contribution in [3.8, 4) is 0 Å². The zero-order valence-electron chi connectivity index (χ0n) is 12.3.